The lowest BCUT2D eigenvalue weighted by molar-refractivity contribution is -0.138. The van der Waals surface area contributed by atoms with Crippen LogP contribution >= 0.6 is 0 Å². The van der Waals surface area contributed by atoms with Crippen LogP contribution in [-0.2, 0) is 71.3 Å². The molecule has 17 nitrogen and oxygen atoms in total. The smallest absolute Gasteiger partial charge is 0.390 e. The van der Waals surface area contributed by atoms with E-state index in [-0.39, 0.29) is 5.97 Å². The van der Waals surface area contributed by atoms with Crippen LogP contribution in [0.15, 0.2) is 194 Å². The van der Waals surface area contributed by atoms with Crippen molar-refractivity contribution in [1.29, 1.82) is 0 Å². The molecule has 0 radical (unpaired) electrons. The maximum atomic E-state index is 11.9. The van der Waals surface area contributed by atoms with Crippen molar-refractivity contribution < 1.29 is 71.3 Å². The van der Waals surface area contributed by atoms with Gasteiger partial charge in [-0.1, -0.05) is 189 Å². The molecule has 0 aliphatic carbocycles. The first-order chi connectivity index (χ1) is 47.1. The van der Waals surface area contributed by atoms with E-state index in [1.165, 1.54) is 0 Å². The Hall–Kier alpha value is -2.60. The van der Waals surface area contributed by atoms with Crippen LogP contribution in [0.5, 0.6) is 0 Å². The van der Waals surface area contributed by atoms with Crippen molar-refractivity contribution in [2.24, 2.45) is 0 Å². The number of benzene rings is 6. The molecule has 0 fully saturated rings. The summed E-state index contributed by atoms with van der Waals surface area (Å²) in [7, 11) is -49.6. The third-order valence-corrected chi connectivity index (χ3v) is 78.2. The van der Waals surface area contributed by atoms with Crippen molar-refractivity contribution in [3.05, 3.63) is 194 Å². The zero-order chi connectivity index (χ0) is 77.3. The van der Waals surface area contributed by atoms with Gasteiger partial charge in [-0.3, -0.25) is 0 Å². The molecule has 0 spiro atoms. The lowest BCUT2D eigenvalue weighted by Gasteiger charge is -2.49. The summed E-state index contributed by atoms with van der Waals surface area (Å²) in [5.41, 5.74) is 0.392. The van der Waals surface area contributed by atoms with E-state index >= 15 is 0 Å². The zero-order valence-corrected chi connectivity index (χ0v) is 83.1. The van der Waals surface area contributed by atoms with Gasteiger partial charge < -0.3 is 66.5 Å². The summed E-state index contributed by atoms with van der Waals surface area (Å²) >= 11 is 0. The third kappa shape index (κ3) is 28.0. The largest absolute Gasteiger partial charge is 0.462 e. The highest BCUT2D eigenvalue weighted by Crippen LogP contribution is 2.35. The van der Waals surface area contributed by atoms with Crippen LogP contribution in [0.1, 0.15) is 13.3 Å². The minimum absolute atomic E-state index is 0.329. The molecule has 568 valence electrons. The molecule has 0 unspecified atom stereocenters. The van der Waals surface area contributed by atoms with E-state index in [0.717, 1.165) is 37.2 Å². The van der Waals surface area contributed by atoms with Crippen molar-refractivity contribution in [1.82, 2.24) is 0 Å². The molecule has 6 aromatic rings. The van der Waals surface area contributed by atoms with Crippen LogP contribution in [0.25, 0.3) is 0 Å². The SMILES string of the molecule is C=C(C)C(=O)OCCC[Si](C)(C)O[Si](C)(C)O[Si](C)(C)O[Si](C)(C)O[Si](C)(C)O[Si](C)(C)O[Si](C)(C)O[Si](C)(C)O[Si](C)(C)O[Si](C)(C)O[Si](C)(C)O[Si](C)(C)O[Si](O[Si](O[Si](O[Si](C)(C)C)(c1ccccc1)c1ccccc1)(c1ccccc1)c1ccccc1)(c1ccccc1)c1ccccc1. The number of esters is 1. The number of carbonyl (C=O) groups excluding carboxylic acids is 1. The molecule has 33 heteroatoms. The molecule has 6 rings (SSSR count). The van der Waals surface area contributed by atoms with Gasteiger partial charge in [0.05, 0.1) is 6.61 Å². The third-order valence-electron chi connectivity index (χ3n) is 15.3. The standard InChI is InChI=1S/C70H122O17Si16/c1-63(2)70(71)72-61-48-62-89(6,7)74-90(8,9)75-91(10,11)76-92(12,13)77-93(14,15)78-94(16,17)79-95(18,19)80-96(20,21)81-97(22,23)82-98(24,25)83-99(26,27)84-100(28,29)85-102(66-53-40-32-41-54-66,67-55-42-33-43-56-67)87-103(68-57-44-34-45-58-68,69-59-46-35-47-60-69)86-101(73-88(3,4)5,64-49-36-30-37-50-64)65-51-38-31-39-52-65/h30-47,49-60H,1,48,61-62H2,2-29H3. The Balaban J connectivity index is 1.23. The minimum Gasteiger partial charge on any atom is -0.462 e. The summed E-state index contributed by atoms with van der Waals surface area (Å²) in [6, 6.07) is 63.6. The molecule has 0 aliphatic heterocycles. The zero-order valence-electron chi connectivity index (χ0n) is 67.1. The summed E-state index contributed by atoms with van der Waals surface area (Å²) in [6.45, 7) is 62.2. The van der Waals surface area contributed by atoms with E-state index in [2.05, 4.69) is 329 Å². The number of hydrogen-bond acceptors (Lipinski definition) is 17. The predicted molar refractivity (Wildman–Crippen MR) is 458 cm³/mol. The van der Waals surface area contributed by atoms with E-state index in [1.54, 1.807) is 6.92 Å². The second-order valence-electron chi connectivity index (χ2n) is 32.9. The maximum Gasteiger partial charge on any atom is 0.390 e. The van der Waals surface area contributed by atoms with Crippen molar-refractivity contribution >= 4 is 174 Å². The first kappa shape index (κ1) is 89.3. The van der Waals surface area contributed by atoms with Crippen LogP contribution in [0.4, 0.5) is 0 Å². The molecule has 0 saturated carbocycles. The molecule has 0 amide bonds. The topological polar surface area (TPSA) is 165 Å². The summed E-state index contributed by atoms with van der Waals surface area (Å²) in [4.78, 5) is 11.9. The summed E-state index contributed by atoms with van der Waals surface area (Å²) in [6.07, 6.45) is 0.709. The van der Waals surface area contributed by atoms with Crippen LogP contribution in [-0.4, -0.2) is 149 Å². The summed E-state index contributed by atoms with van der Waals surface area (Å²) < 4.78 is 116. The Kier molecular flexibility index (Phi) is 30.1. The predicted octanol–water partition coefficient (Wildman–Crippen LogP) is 15.3. The molecule has 103 heavy (non-hydrogen) atoms. The number of ether oxygens (including phenoxy) is 1. The maximum absolute atomic E-state index is 11.9. The molecule has 0 heterocycles. The Morgan fingerprint density at radius 3 is 0.650 bits per heavy atom. The van der Waals surface area contributed by atoms with Crippen LogP contribution in [0.3, 0.4) is 0 Å². The Morgan fingerprint density at radius 1 is 0.262 bits per heavy atom. The monoisotopic (exact) mass is 1680 g/mol. The molecule has 6 aromatic carbocycles. The fourth-order valence-electron chi connectivity index (χ4n) is 14.0. The van der Waals surface area contributed by atoms with Gasteiger partial charge in [-0.25, -0.2) is 4.79 Å². The summed E-state index contributed by atoms with van der Waals surface area (Å²) in [5, 5.41) is 5.55. The lowest BCUT2D eigenvalue weighted by atomic mass is 10.4. The average Bonchev–Trinajstić information content (AvgIpc) is 0.717. The molecule has 0 aromatic heterocycles. The minimum atomic E-state index is -4.18. The van der Waals surface area contributed by atoms with Crippen molar-refractivity contribution in [3.63, 3.8) is 0 Å². The fourth-order valence-corrected chi connectivity index (χ4v) is 95.6. The van der Waals surface area contributed by atoms with Gasteiger partial charge in [0.1, 0.15) is 0 Å². The molecule has 0 bridgehead atoms. The van der Waals surface area contributed by atoms with E-state index in [0.29, 0.717) is 18.6 Å². The first-order valence-corrected chi connectivity index (χ1v) is 78.7. The quantitative estimate of drug-likeness (QED) is 0.0154. The van der Waals surface area contributed by atoms with Crippen molar-refractivity contribution in [2.75, 3.05) is 6.61 Å². The Bertz CT molecular complexity index is 3550. The summed E-state index contributed by atoms with van der Waals surface area (Å²) in [5.74, 6) is -0.371. The molecular weight excluding hydrogens is 1560 g/mol. The number of hydrogen-bond donors (Lipinski definition) is 0. The normalized spacial score (nSPS) is 14.2. The highest BCUT2D eigenvalue weighted by atomic mass is 28.5. The highest BCUT2D eigenvalue weighted by molar-refractivity contribution is 7.12. The number of carbonyl (C=O) groups is 1. The average molecular weight is 1690 g/mol. The second-order valence-corrected chi connectivity index (χ2v) is 91.3. The Labute approximate surface area is 636 Å². The van der Waals surface area contributed by atoms with E-state index in [1.807, 2.05) is 36.4 Å². The van der Waals surface area contributed by atoms with Gasteiger partial charge in [-0.15, -0.1) is 0 Å². The second kappa shape index (κ2) is 34.8. The van der Waals surface area contributed by atoms with Gasteiger partial charge in [-0.05, 0) is 227 Å². The molecule has 0 atom stereocenters. The van der Waals surface area contributed by atoms with Gasteiger partial charge in [0, 0.05) is 5.57 Å². The van der Waals surface area contributed by atoms with Crippen molar-refractivity contribution in [2.45, 2.75) is 196 Å². The van der Waals surface area contributed by atoms with Gasteiger partial charge in [0.15, 0.2) is 16.6 Å². The number of rotatable bonds is 41. The van der Waals surface area contributed by atoms with Gasteiger partial charge in [0.25, 0.3) is 0 Å². The highest BCUT2D eigenvalue weighted by Gasteiger charge is 2.63. The molecule has 0 N–H and O–H groups in total. The van der Waals surface area contributed by atoms with E-state index < -0.39 is 136 Å². The van der Waals surface area contributed by atoms with Crippen LogP contribution < -0.4 is 31.1 Å². The first-order valence-electron chi connectivity index (χ1n) is 35.7. The van der Waals surface area contributed by atoms with Crippen molar-refractivity contribution in [3.8, 4) is 0 Å². The fraction of sp³-hybridized carbons (Fsp3) is 0.443. The van der Waals surface area contributed by atoms with Gasteiger partial charge in [-0.2, -0.15) is 0 Å². The Morgan fingerprint density at radius 2 is 0.447 bits per heavy atom. The molecular formula is C70H122O17Si16. The van der Waals surface area contributed by atoms with Gasteiger partial charge in [0.2, 0.25) is 0 Å². The van der Waals surface area contributed by atoms with E-state index in [9.17, 15) is 4.79 Å². The van der Waals surface area contributed by atoms with Gasteiger partial charge >= 0.3 is 126 Å². The van der Waals surface area contributed by atoms with E-state index in [4.69, 9.17) is 66.5 Å². The van der Waals surface area contributed by atoms with Crippen LogP contribution in [0, 0.1) is 0 Å². The van der Waals surface area contributed by atoms with Crippen LogP contribution in [0.2, 0.25) is 183 Å². The lowest BCUT2D eigenvalue weighted by Crippen LogP contribution is -2.82. The molecule has 0 aliphatic rings. The molecule has 0 saturated heterocycles.